The molecule has 5 aliphatic rings. The summed E-state index contributed by atoms with van der Waals surface area (Å²) in [5.41, 5.74) is -9.68. The van der Waals surface area contributed by atoms with Crippen molar-refractivity contribution in [2.45, 2.75) is 141 Å². The van der Waals surface area contributed by atoms with Crippen molar-refractivity contribution >= 4 is 35.6 Å². The molecule has 0 radical (unpaired) electrons. The minimum atomic E-state index is -2.37. The van der Waals surface area contributed by atoms with E-state index in [-0.39, 0.29) is 29.7 Å². The van der Waals surface area contributed by atoms with Crippen LogP contribution in [0.1, 0.15) is 104 Å². The van der Waals surface area contributed by atoms with E-state index in [1.807, 2.05) is 0 Å². The summed E-state index contributed by atoms with van der Waals surface area (Å²) in [6.07, 6.45) is -8.74. The van der Waals surface area contributed by atoms with Gasteiger partial charge in [-0.05, 0) is 71.7 Å². The smallest absolute Gasteiger partial charge is 0.413 e. The molecule has 1 unspecified atom stereocenters. The van der Waals surface area contributed by atoms with E-state index in [9.17, 15) is 39.0 Å². The minimum absolute atomic E-state index is 0.0857. The van der Waals surface area contributed by atoms with Crippen molar-refractivity contribution < 1.29 is 67.4 Å². The Kier molecular flexibility index (Phi) is 10.7. The number of ketones is 2. The molecule has 2 heterocycles. The van der Waals surface area contributed by atoms with Crippen LogP contribution in [-0.2, 0) is 47.6 Å². The van der Waals surface area contributed by atoms with Gasteiger partial charge in [-0.15, -0.1) is 0 Å². The Balaban J connectivity index is 1.38. The van der Waals surface area contributed by atoms with Crippen molar-refractivity contribution in [3.05, 3.63) is 82.9 Å². The van der Waals surface area contributed by atoms with Gasteiger partial charge in [0.05, 0.1) is 29.6 Å². The maximum absolute atomic E-state index is 15.0. The SMILES string of the molecule is CC(=O)O[C@@]12CO[C@@H]1C[C@@H](O)[C@@]1(C)C(=O)C(=O)C3=C(C)[C@@H](OC(=O)C4OC(C)(C)N(C(=O)OC(C)(C)C)[C@H]4c4ccccc4)C[C@@](O)([C@@H](OC(=O)c4ccccc4)[C@H]21)C3(C)C. The van der Waals surface area contributed by atoms with Crippen LogP contribution in [0, 0.1) is 16.7 Å². The number of rotatable bonds is 6. The van der Waals surface area contributed by atoms with Gasteiger partial charge in [-0.3, -0.25) is 19.3 Å². The second-order valence-corrected chi connectivity index (χ2v) is 19.1. The first kappa shape index (κ1) is 44.1. The molecular weight excluding hydrogens is 790 g/mol. The van der Waals surface area contributed by atoms with Gasteiger partial charge in [0.25, 0.3) is 0 Å². The van der Waals surface area contributed by atoms with Crippen molar-refractivity contribution in [3.63, 3.8) is 0 Å². The molecule has 0 spiro atoms. The standard InChI is InChI=1S/C46H55NO14/c1-24-28(57-39(53)34-32(26-17-13-11-14-18-26)47(43(8,9)60-34)40(54)61-41(3,4)5)22-46(55)37(58-38(52)27-19-15-12-16-20-27)35-44(10,36(51)33(50)31(24)42(46,6)7)29(49)21-30-45(35,23-56-30)59-25(2)48/h11-20,28-30,32,34-35,37,49,55H,21-23H2,1-10H3/t28-,29+,30+,32-,34?,35-,37-,44+,45-,46+/m0/s1. The zero-order valence-electron chi connectivity index (χ0n) is 36.2. The number of ether oxygens (including phenoxy) is 6. The monoisotopic (exact) mass is 845 g/mol. The number of hydrogen-bond acceptors (Lipinski definition) is 14. The molecule has 15 nitrogen and oxygen atoms in total. The number of fused-ring (bicyclic) bond motifs is 5. The van der Waals surface area contributed by atoms with Crippen LogP contribution in [0.25, 0.3) is 0 Å². The first-order chi connectivity index (χ1) is 28.3. The zero-order chi connectivity index (χ0) is 44.8. The van der Waals surface area contributed by atoms with Gasteiger partial charge < -0.3 is 38.6 Å². The summed E-state index contributed by atoms with van der Waals surface area (Å²) in [6.45, 7) is 15.1. The van der Waals surface area contributed by atoms with Crippen LogP contribution in [0.4, 0.5) is 4.79 Å². The molecule has 328 valence electrons. The first-order valence-corrected chi connectivity index (χ1v) is 20.6. The molecule has 2 aromatic rings. The molecule has 2 saturated heterocycles. The lowest BCUT2D eigenvalue weighted by molar-refractivity contribution is -0.343. The maximum Gasteiger partial charge on any atom is 0.413 e. The third-order valence-electron chi connectivity index (χ3n) is 13.5. The van der Waals surface area contributed by atoms with Crippen molar-refractivity contribution in [2.24, 2.45) is 16.7 Å². The molecule has 10 atom stereocenters. The largest absolute Gasteiger partial charge is 0.456 e. The van der Waals surface area contributed by atoms with E-state index >= 15 is 0 Å². The number of aliphatic hydroxyl groups excluding tert-OH is 1. The van der Waals surface area contributed by atoms with Gasteiger partial charge in [-0.25, -0.2) is 14.4 Å². The molecule has 2 bridgehead atoms. The molecule has 2 aromatic carbocycles. The number of aliphatic hydroxyl groups is 2. The van der Waals surface area contributed by atoms with Gasteiger partial charge in [0.1, 0.15) is 41.3 Å². The lowest BCUT2D eigenvalue weighted by Gasteiger charge is -2.66. The Morgan fingerprint density at radius 2 is 1.51 bits per heavy atom. The number of amides is 1. The maximum atomic E-state index is 15.0. The third kappa shape index (κ3) is 6.88. The van der Waals surface area contributed by atoms with Crippen molar-refractivity contribution in [1.82, 2.24) is 4.90 Å². The molecule has 15 heteroatoms. The number of carbonyl (C=O) groups is 6. The van der Waals surface area contributed by atoms with Gasteiger partial charge in [-0.2, -0.15) is 0 Å². The fourth-order valence-electron chi connectivity index (χ4n) is 10.5. The van der Waals surface area contributed by atoms with Crippen LogP contribution in [0.3, 0.4) is 0 Å². The predicted octanol–water partition coefficient (Wildman–Crippen LogP) is 4.95. The summed E-state index contributed by atoms with van der Waals surface area (Å²) in [6, 6.07) is 15.6. The van der Waals surface area contributed by atoms with Crippen molar-refractivity contribution in [1.29, 1.82) is 0 Å². The normalized spacial score (nSPS) is 35.1. The Bertz CT molecular complexity index is 2180. The second kappa shape index (κ2) is 14.8. The molecule has 2 saturated carbocycles. The fraction of sp³-hybridized carbons (Fsp3) is 0.565. The molecule has 2 aliphatic heterocycles. The van der Waals surface area contributed by atoms with E-state index in [0.29, 0.717) is 5.56 Å². The third-order valence-corrected chi connectivity index (χ3v) is 13.5. The van der Waals surface area contributed by atoms with Crippen LogP contribution >= 0.6 is 0 Å². The Labute approximate surface area is 354 Å². The first-order valence-electron chi connectivity index (χ1n) is 20.6. The predicted molar refractivity (Wildman–Crippen MR) is 214 cm³/mol. The van der Waals surface area contributed by atoms with Crippen LogP contribution in [0.15, 0.2) is 71.8 Å². The van der Waals surface area contributed by atoms with Gasteiger partial charge in [0.15, 0.2) is 11.7 Å². The summed E-state index contributed by atoms with van der Waals surface area (Å²) in [7, 11) is 0. The number of carbonyl (C=O) groups excluding carboxylic acids is 6. The van der Waals surface area contributed by atoms with Gasteiger partial charge in [-0.1, -0.05) is 62.4 Å². The van der Waals surface area contributed by atoms with E-state index in [1.165, 1.54) is 44.7 Å². The molecule has 4 fully saturated rings. The quantitative estimate of drug-likeness (QED) is 0.225. The summed E-state index contributed by atoms with van der Waals surface area (Å²) in [5, 5.41) is 25.5. The number of benzene rings is 2. The molecule has 61 heavy (non-hydrogen) atoms. The molecule has 1 amide bonds. The summed E-state index contributed by atoms with van der Waals surface area (Å²) < 4.78 is 36.6. The minimum Gasteiger partial charge on any atom is -0.456 e. The highest BCUT2D eigenvalue weighted by molar-refractivity contribution is 6.46. The topological polar surface area (TPSA) is 201 Å². The highest BCUT2D eigenvalue weighted by atomic mass is 16.6. The van der Waals surface area contributed by atoms with E-state index in [4.69, 9.17) is 28.4 Å². The second-order valence-electron chi connectivity index (χ2n) is 19.1. The highest BCUT2D eigenvalue weighted by Crippen LogP contribution is 2.63. The van der Waals surface area contributed by atoms with Gasteiger partial charge in [0.2, 0.25) is 11.6 Å². The number of nitrogens with zero attached hydrogens (tertiary/aromatic N) is 1. The molecular formula is C46H55NO14. The van der Waals surface area contributed by atoms with Gasteiger partial charge >= 0.3 is 24.0 Å². The summed E-state index contributed by atoms with van der Waals surface area (Å²) >= 11 is 0. The number of esters is 3. The van der Waals surface area contributed by atoms with Crippen LogP contribution in [0.2, 0.25) is 0 Å². The molecule has 0 aromatic heterocycles. The number of hydrogen-bond donors (Lipinski definition) is 2. The van der Waals surface area contributed by atoms with Gasteiger partial charge in [0, 0.05) is 30.8 Å². The fourth-order valence-corrected chi connectivity index (χ4v) is 10.5. The lowest BCUT2D eigenvalue weighted by Crippen LogP contribution is -2.81. The molecule has 2 N–H and O–H groups in total. The van der Waals surface area contributed by atoms with E-state index in [0.717, 1.165) is 6.92 Å². The zero-order valence-corrected chi connectivity index (χ0v) is 36.2. The Morgan fingerprint density at radius 1 is 0.902 bits per heavy atom. The van der Waals surface area contributed by atoms with Crippen molar-refractivity contribution in [3.8, 4) is 0 Å². The summed E-state index contributed by atoms with van der Waals surface area (Å²) in [4.78, 5) is 87.0. The van der Waals surface area contributed by atoms with E-state index in [2.05, 4.69) is 0 Å². The Morgan fingerprint density at radius 3 is 2.07 bits per heavy atom. The molecule has 7 rings (SSSR count). The lowest BCUT2D eigenvalue weighted by atomic mass is 9.45. The van der Waals surface area contributed by atoms with E-state index in [1.54, 1.807) is 83.1 Å². The number of Topliss-reactive ketones (excluding diaryl/α,β-unsaturated/α-hetero) is 2. The Hall–Kier alpha value is -4.96. The summed E-state index contributed by atoms with van der Waals surface area (Å²) in [5.74, 6) is -6.34. The van der Waals surface area contributed by atoms with Crippen LogP contribution < -0.4 is 0 Å². The van der Waals surface area contributed by atoms with E-state index < -0.39 is 118 Å². The highest BCUT2D eigenvalue weighted by Gasteiger charge is 2.78. The van der Waals surface area contributed by atoms with Crippen molar-refractivity contribution in [2.75, 3.05) is 6.61 Å². The van der Waals surface area contributed by atoms with Crippen LogP contribution in [-0.4, -0.2) is 110 Å². The average Bonchev–Trinajstić information content (AvgIpc) is 3.47. The molecule has 3 aliphatic carbocycles. The average molecular weight is 846 g/mol. The van der Waals surface area contributed by atoms with Crippen LogP contribution in [0.5, 0.6) is 0 Å².